The highest BCUT2D eigenvalue weighted by molar-refractivity contribution is 7.70. The van der Waals surface area contributed by atoms with Crippen LogP contribution in [-0.2, 0) is 14.2 Å². The summed E-state index contributed by atoms with van der Waals surface area (Å²) in [6.07, 6.45) is 1.97. The summed E-state index contributed by atoms with van der Waals surface area (Å²) in [7, 11) is -2.72. The number of hydrogen-bond donors (Lipinski definition) is 1. The molecule has 2 fully saturated rings. The number of benzene rings is 2. The summed E-state index contributed by atoms with van der Waals surface area (Å²) in [6.45, 7) is 3.39. The van der Waals surface area contributed by atoms with Gasteiger partial charge < -0.3 is 14.8 Å². The van der Waals surface area contributed by atoms with E-state index in [4.69, 9.17) is 0 Å². The summed E-state index contributed by atoms with van der Waals surface area (Å²) in [5.41, 5.74) is -0.174. The minimum absolute atomic E-state index is 0.00104. The molecule has 0 bridgehead atoms. The molecule has 1 spiro atoms. The third-order valence-electron chi connectivity index (χ3n) is 5.85. The molecular formula is C21H21F2N2O3P. The molecule has 2 amide bonds. The molecule has 8 heteroatoms. The maximum Gasteiger partial charge on any atom is 0.250 e. The van der Waals surface area contributed by atoms with E-state index in [0.717, 1.165) is 12.8 Å². The van der Waals surface area contributed by atoms with Crippen LogP contribution in [0.3, 0.4) is 0 Å². The first kappa shape index (κ1) is 19.8. The minimum Gasteiger partial charge on any atom is -0.346 e. The van der Waals surface area contributed by atoms with Crippen molar-refractivity contribution in [3.8, 4) is 11.1 Å². The molecule has 1 saturated heterocycles. The highest BCUT2D eigenvalue weighted by Crippen LogP contribution is 2.54. The van der Waals surface area contributed by atoms with Crippen LogP contribution in [-0.4, -0.2) is 38.2 Å². The highest BCUT2D eigenvalue weighted by atomic mass is 31.2. The van der Waals surface area contributed by atoms with E-state index in [0.29, 0.717) is 17.3 Å². The van der Waals surface area contributed by atoms with E-state index in [9.17, 15) is 14.2 Å². The Labute approximate surface area is 167 Å². The van der Waals surface area contributed by atoms with E-state index in [1.165, 1.54) is 17.0 Å². The normalized spacial score (nSPS) is 20.2. The number of halogens is 2. The van der Waals surface area contributed by atoms with Gasteiger partial charge in [-0.05, 0) is 43.9 Å². The van der Waals surface area contributed by atoms with Crippen LogP contribution in [0, 0.1) is 17.0 Å². The lowest BCUT2D eigenvalue weighted by molar-refractivity contribution is -0.122. The van der Waals surface area contributed by atoms with Gasteiger partial charge in [0.25, 0.3) is 0 Å². The summed E-state index contributed by atoms with van der Waals surface area (Å²) >= 11 is 0. The molecule has 1 N–H and O–H groups in total. The summed E-state index contributed by atoms with van der Waals surface area (Å²) in [5, 5.41) is 2.99. The smallest absolute Gasteiger partial charge is 0.250 e. The standard InChI is InChI=1S/C21H21F2N2O3P/c1-29(2,28)16-6-4-3-5-13(16)14-7-8-15(18(23)17(14)22)25-11-21(9-10-21)19(20(25)27)24-12-26/h3-8,12,19H,9-11H2,1-2H3,(H,24,26). The van der Waals surface area contributed by atoms with Crippen molar-refractivity contribution in [3.63, 3.8) is 0 Å². The van der Waals surface area contributed by atoms with Gasteiger partial charge in [-0.15, -0.1) is 0 Å². The van der Waals surface area contributed by atoms with Crippen molar-refractivity contribution in [2.24, 2.45) is 5.41 Å². The van der Waals surface area contributed by atoms with E-state index in [1.54, 1.807) is 37.6 Å². The zero-order chi connectivity index (χ0) is 21.0. The molecular weight excluding hydrogens is 397 g/mol. The monoisotopic (exact) mass is 418 g/mol. The van der Waals surface area contributed by atoms with Gasteiger partial charge in [-0.25, -0.2) is 8.78 Å². The third kappa shape index (κ3) is 3.18. The van der Waals surface area contributed by atoms with Gasteiger partial charge in [0.2, 0.25) is 12.3 Å². The quantitative estimate of drug-likeness (QED) is 0.600. The molecule has 152 valence electrons. The number of amides is 2. The van der Waals surface area contributed by atoms with E-state index in [-0.39, 0.29) is 17.8 Å². The van der Waals surface area contributed by atoms with Crippen molar-refractivity contribution in [1.82, 2.24) is 5.32 Å². The first-order chi connectivity index (χ1) is 13.7. The molecule has 1 atom stereocenters. The molecule has 29 heavy (non-hydrogen) atoms. The summed E-state index contributed by atoms with van der Waals surface area (Å²) < 4.78 is 42.7. The molecule has 1 heterocycles. The lowest BCUT2D eigenvalue weighted by atomic mass is 10.0. The van der Waals surface area contributed by atoms with Gasteiger partial charge in [0.15, 0.2) is 11.6 Å². The Morgan fingerprint density at radius 3 is 2.41 bits per heavy atom. The summed E-state index contributed by atoms with van der Waals surface area (Å²) in [5.74, 6) is -2.66. The van der Waals surface area contributed by atoms with Gasteiger partial charge >= 0.3 is 0 Å². The number of nitrogens with one attached hydrogen (secondary N) is 1. The molecule has 0 aromatic heterocycles. The van der Waals surface area contributed by atoms with E-state index >= 15 is 8.78 Å². The molecule has 1 saturated carbocycles. The van der Waals surface area contributed by atoms with Crippen molar-refractivity contribution in [3.05, 3.63) is 48.0 Å². The molecule has 2 aromatic rings. The summed E-state index contributed by atoms with van der Waals surface area (Å²) in [4.78, 5) is 24.8. The molecule has 2 aromatic carbocycles. The van der Waals surface area contributed by atoms with Gasteiger partial charge in [0.05, 0.1) is 5.69 Å². The van der Waals surface area contributed by atoms with Crippen LogP contribution in [0.4, 0.5) is 14.5 Å². The van der Waals surface area contributed by atoms with Gasteiger partial charge in [-0.2, -0.15) is 0 Å². The van der Waals surface area contributed by atoms with Gasteiger partial charge in [-0.1, -0.05) is 24.3 Å². The van der Waals surface area contributed by atoms with Gasteiger partial charge in [0.1, 0.15) is 13.2 Å². The Balaban J connectivity index is 1.76. The molecule has 4 rings (SSSR count). The Morgan fingerprint density at radius 1 is 1.10 bits per heavy atom. The fourth-order valence-electron chi connectivity index (χ4n) is 4.16. The Hall–Kier alpha value is -2.53. The molecule has 1 aliphatic heterocycles. The zero-order valence-corrected chi connectivity index (χ0v) is 17.0. The van der Waals surface area contributed by atoms with Crippen LogP contribution in [0.25, 0.3) is 11.1 Å². The lowest BCUT2D eigenvalue weighted by Crippen LogP contribution is -2.41. The van der Waals surface area contributed by atoms with E-state index in [1.807, 2.05) is 0 Å². The van der Waals surface area contributed by atoms with Crippen LogP contribution in [0.2, 0.25) is 0 Å². The Bertz CT molecular complexity index is 1060. The lowest BCUT2D eigenvalue weighted by Gasteiger charge is -2.20. The number of hydrogen-bond acceptors (Lipinski definition) is 3. The molecule has 2 aliphatic rings. The largest absolute Gasteiger partial charge is 0.346 e. The molecule has 0 radical (unpaired) electrons. The number of carbonyl (C=O) groups is 2. The fraction of sp³-hybridized carbons (Fsp3) is 0.333. The van der Waals surface area contributed by atoms with Gasteiger partial charge in [-0.3, -0.25) is 9.59 Å². The van der Waals surface area contributed by atoms with Crippen LogP contribution < -0.4 is 15.5 Å². The van der Waals surface area contributed by atoms with Crippen LogP contribution in [0.5, 0.6) is 0 Å². The Morgan fingerprint density at radius 2 is 1.79 bits per heavy atom. The first-order valence-electron chi connectivity index (χ1n) is 9.34. The number of anilines is 1. The van der Waals surface area contributed by atoms with Crippen LogP contribution in [0.1, 0.15) is 12.8 Å². The van der Waals surface area contributed by atoms with Crippen molar-refractivity contribution in [1.29, 1.82) is 0 Å². The fourth-order valence-corrected chi connectivity index (χ4v) is 5.38. The maximum atomic E-state index is 15.1. The van der Waals surface area contributed by atoms with E-state index < -0.39 is 36.1 Å². The average molecular weight is 418 g/mol. The van der Waals surface area contributed by atoms with Crippen molar-refractivity contribution in [2.75, 3.05) is 24.8 Å². The van der Waals surface area contributed by atoms with Crippen LogP contribution >= 0.6 is 7.14 Å². The van der Waals surface area contributed by atoms with Crippen molar-refractivity contribution >= 4 is 30.5 Å². The van der Waals surface area contributed by atoms with E-state index in [2.05, 4.69) is 5.32 Å². The van der Waals surface area contributed by atoms with Crippen LogP contribution in [0.15, 0.2) is 36.4 Å². The SMILES string of the molecule is CP(C)(=O)c1ccccc1-c1ccc(N2CC3(CC3)C(NC=O)C2=O)c(F)c1F. The number of carbonyl (C=O) groups excluding carboxylic acids is 2. The second-order valence-corrected chi connectivity index (χ2v) is 11.3. The van der Waals surface area contributed by atoms with Crippen molar-refractivity contribution < 1.29 is 22.9 Å². The molecule has 1 unspecified atom stereocenters. The number of nitrogens with zero attached hydrogens (tertiary/aromatic N) is 1. The predicted octanol–water partition coefficient (Wildman–Crippen LogP) is 3.12. The first-order valence-corrected chi connectivity index (χ1v) is 11.9. The van der Waals surface area contributed by atoms with Gasteiger partial charge in [0, 0.05) is 22.8 Å². The predicted molar refractivity (Wildman–Crippen MR) is 108 cm³/mol. The summed E-state index contributed by atoms with van der Waals surface area (Å²) in [6, 6.07) is 8.71. The second-order valence-electron chi connectivity index (χ2n) is 8.13. The number of rotatable bonds is 5. The Kier molecular flexibility index (Phi) is 4.61. The average Bonchev–Trinajstić information content (AvgIpc) is 3.40. The highest BCUT2D eigenvalue weighted by Gasteiger charge is 2.60. The zero-order valence-electron chi connectivity index (χ0n) is 16.1. The minimum atomic E-state index is -2.72. The second kappa shape index (κ2) is 6.77. The molecule has 5 nitrogen and oxygen atoms in total. The topological polar surface area (TPSA) is 66.5 Å². The van der Waals surface area contributed by atoms with Crippen molar-refractivity contribution in [2.45, 2.75) is 18.9 Å². The maximum absolute atomic E-state index is 15.1. The third-order valence-corrected chi connectivity index (χ3v) is 7.40. The molecule has 1 aliphatic carbocycles.